The molecule has 0 amide bonds. The van der Waals surface area contributed by atoms with Gasteiger partial charge in [0.25, 0.3) is 0 Å². The quantitative estimate of drug-likeness (QED) is 0.656. The van der Waals surface area contributed by atoms with Crippen LogP contribution in [0.5, 0.6) is 0 Å². The van der Waals surface area contributed by atoms with Crippen molar-refractivity contribution in [3.05, 3.63) is 39.4 Å². The van der Waals surface area contributed by atoms with Crippen molar-refractivity contribution in [1.29, 1.82) is 0 Å². The minimum Gasteiger partial charge on any atom is -0.270 e. The molecule has 18 heavy (non-hydrogen) atoms. The van der Waals surface area contributed by atoms with E-state index in [0.717, 1.165) is 22.5 Å². The number of nitrogens with two attached hydrogens (primary N) is 1. The Morgan fingerprint density at radius 3 is 2.67 bits per heavy atom. The van der Waals surface area contributed by atoms with Gasteiger partial charge in [-0.15, -0.1) is 5.10 Å². The van der Waals surface area contributed by atoms with E-state index in [-0.39, 0.29) is 6.04 Å². The first-order chi connectivity index (χ1) is 8.54. The zero-order valence-electron chi connectivity index (χ0n) is 10.5. The highest BCUT2D eigenvalue weighted by molar-refractivity contribution is 9.10. The average molecular weight is 311 g/mol. The minimum absolute atomic E-state index is 0.250. The normalized spacial score (nSPS) is 12.7. The largest absolute Gasteiger partial charge is 0.270 e. The van der Waals surface area contributed by atoms with Gasteiger partial charge in [0.2, 0.25) is 0 Å². The molecule has 2 heterocycles. The van der Waals surface area contributed by atoms with Gasteiger partial charge in [-0.2, -0.15) is 0 Å². The molecule has 7 heteroatoms. The molecule has 0 aliphatic rings. The average Bonchev–Trinajstić information content (AvgIpc) is 2.64. The molecular formula is C11H15BrN6. The van der Waals surface area contributed by atoms with E-state index in [1.807, 2.05) is 27.1 Å². The summed E-state index contributed by atoms with van der Waals surface area (Å²) < 4.78 is 2.34. The molecule has 0 radical (unpaired) electrons. The van der Waals surface area contributed by atoms with Gasteiger partial charge in [0.15, 0.2) is 4.60 Å². The summed E-state index contributed by atoms with van der Waals surface area (Å²) in [6.07, 6.45) is 1.82. The summed E-state index contributed by atoms with van der Waals surface area (Å²) in [5.74, 6) is 5.66. The molecule has 1 atom stereocenters. The van der Waals surface area contributed by atoms with Crippen LogP contribution in [0.4, 0.5) is 0 Å². The second-order valence-corrected chi connectivity index (χ2v) is 4.95. The molecule has 6 nitrogen and oxygen atoms in total. The van der Waals surface area contributed by atoms with Gasteiger partial charge >= 0.3 is 0 Å². The topological polar surface area (TPSA) is 81.7 Å². The van der Waals surface area contributed by atoms with Crippen LogP contribution in [0, 0.1) is 13.8 Å². The predicted octanol–water partition coefficient (Wildman–Crippen LogP) is 1.14. The van der Waals surface area contributed by atoms with Crippen LogP contribution in [0.15, 0.2) is 16.9 Å². The molecule has 1 unspecified atom stereocenters. The Labute approximate surface area is 114 Å². The van der Waals surface area contributed by atoms with Crippen LogP contribution in [0.3, 0.4) is 0 Å². The van der Waals surface area contributed by atoms with Crippen molar-refractivity contribution in [3.8, 4) is 0 Å². The zero-order valence-corrected chi connectivity index (χ0v) is 12.1. The molecule has 3 N–H and O–H groups in total. The van der Waals surface area contributed by atoms with Gasteiger partial charge in [-0.05, 0) is 40.9 Å². The summed E-state index contributed by atoms with van der Waals surface area (Å²) in [4.78, 5) is 4.45. The van der Waals surface area contributed by atoms with Gasteiger partial charge in [0, 0.05) is 13.2 Å². The van der Waals surface area contributed by atoms with E-state index >= 15 is 0 Å². The third kappa shape index (κ3) is 2.29. The fourth-order valence-corrected chi connectivity index (χ4v) is 2.52. The Bertz CT molecular complexity index is 545. The molecule has 2 aromatic heterocycles. The van der Waals surface area contributed by atoms with E-state index in [4.69, 9.17) is 5.84 Å². The maximum Gasteiger partial charge on any atom is 0.153 e. The number of halogens is 1. The summed E-state index contributed by atoms with van der Waals surface area (Å²) in [5, 5.41) is 7.92. The summed E-state index contributed by atoms with van der Waals surface area (Å²) >= 11 is 3.38. The van der Waals surface area contributed by atoms with E-state index in [1.165, 1.54) is 0 Å². The van der Waals surface area contributed by atoms with Gasteiger partial charge in [-0.3, -0.25) is 10.8 Å². The molecule has 2 rings (SSSR count). The Morgan fingerprint density at radius 1 is 1.44 bits per heavy atom. The highest BCUT2D eigenvalue weighted by Gasteiger charge is 2.23. The molecule has 0 saturated carbocycles. The first kappa shape index (κ1) is 13.1. The minimum atomic E-state index is -0.250. The smallest absolute Gasteiger partial charge is 0.153 e. The second-order valence-electron chi connectivity index (χ2n) is 4.20. The first-order valence-electron chi connectivity index (χ1n) is 5.49. The number of nitrogens with zero attached hydrogens (tertiary/aromatic N) is 4. The third-order valence-electron chi connectivity index (χ3n) is 2.80. The van der Waals surface area contributed by atoms with Crippen molar-refractivity contribution >= 4 is 15.9 Å². The number of aromatic nitrogens is 4. The van der Waals surface area contributed by atoms with Gasteiger partial charge in [0.05, 0.1) is 11.4 Å². The Kier molecular flexibility index (Phi) is 3.74. The van der Waals surface area contributed by atoms with Crippen molar-refractivity contribution in [2.75, 3.05) is 0 Å². The fourth-order valence-electron chi connectivity index (χ4n) is 1.96. The standard InChI is InChI=1S/C11H15BrN6/c1-6-4-7(2)8(14-5-6)9(15-13)10-11(12)16-17-18(10)3/h4-5,9,15H,13H2,1-3H3. The number of hydrogen-bond acceptors (Lipinski definition) is 5. The van der Waals surface area contributed by atoms with Crippen LogP contribution in [0.1, 0.15) is 28.6 Å². The molecule has 0 spiro atoms. The highest BCUT2D eigenvalue weighted by Crippen LogP contribution is 2.26. The summed E-state index contributed by atoms with van der Waals surface area (Å²) in [7, 11) is 1.82. The number of rotatable bonds is 3. The van der Waals surface area contributed by atoms with Crippen molar-refractivity contribution in [2.24, 2.45) is 12.9 Å². The fraction of sp³-hybridized carbons (Fsp3) is 0.364. The first-order valence-corrected chi connectivity index (χ1v) is 6.28. The molecule has 2 aromatic rings. The Hall–Kier alpha value is -1.31. The Morgan fingerprint density at radius 2 is 2.17 bits per heavy atom. The molecule has 0 bridgehead atoms. The number of nitrogens with one attached hydrogen (secondary N) is 1. The van der Waals surface area contributed by atoms with E-state index in [0.29, 0.717) is 4.60 Å². The molecule has 0 saturated heterocycles. The van der Waals surface area contributed by atoms with Crippen molar-refractivity contribution < 1.29 is 0 Å². The molecule has 0 aliphatic heterocycles. The summed E-state index contributed by atoms with van der Waals surface area (Å²) in [6.45, 7) is 4.02. The zero-order chi connectivity index (χ0) is 13.3. The SMILES string of the molecule is Cc1cnc(C(NN)c2c(Br)nnn2C)c(C)c1. The number of hydrogen-bond donors (Lipinski definition) is 2. The van der Waals surface area contributed by atoms with E-state index in [9.17, 15) is 0 Å². The monoisotopic (exact) mass is 310 g/mol. The summed E-state index contributed by atoms with van der Waals surface area (Å²) in [6, 6.07) is 1.82. The lowest BCUT2D eigenvalue weighted by Crippen LogP contribution is -2.32. The van der Waals surface area contributed by atoms with E-state index in [1.54, 1.807) is 4.68 Å². The van der Waals surface area contributed by atoms with Crippen molar-refractivity contribution in [2.45, 2.75) is 19.9 Å². The Balaban J connectivity index is 2.52. The van der Waals surface area contributed by atoms with Gasteiger partial charge < -0.3 is 0 Å². The van der Waals surface area contributed by atoms with Crippen LogP contribution in [-0.4, -0.2) is 20.0 Å². The highest BCUT2D eigenvalue weighted by atomic mass is 79.9. The maximum atomic E-state index is 5.66. The second kappa shape index (κ2) is 5.13. The number of hydrazine groups is 1. The molecule has 0 aromatic carbocycles. The number of aryl methyl sites for hydroxylation is 3. The van der Waals surface area contributed by atoms with Gasteiger partial charge in [0.1, 0.15) is 6.04 Å². The lowest BCUT2D eigenvalue weighted by molar-refractivity contribution is 0.556. The predicted molar refractivity (Wildman–Crippen MR) is 71.6 cm³/mol. The maximum absolute atomic E-state index is 5.66. The summed E-state index contributed by atoms with van der Waals surface area (Å²) in [5.41, 5.74) is 6.68. The van der Waals surface area contributed by atoms with Gasteiger partial charge in [-0.1, -0.05) is 11.3 Å². The van der Waals surface area contributed by atoms with E-state index < -0.39 is 0 Å². The molecule has 96 valence electrons. The van der Waals surface area contributed by atoms with Crippen LogP contribution < -0.4 is 11.3 Å². The lowest BCUT2D eigenvalue weighted by atomic mass is 10.0. The number of pyridine rings is 1. The van der Waals surface area contributed by atoms with Crippen LogP contribution in [0.25, 0.3) is 0 Å². The van der Waals surface area contributed by atoms with Crippen molar-refractivity contribution in [1.82, 2.24) is 25.4 Å². The molecular weight excluding hydrogens is 296 g/mol. The van der Waals surface area contributed by atoms with Crippen molar-refractivity contribution in [3.63, 3.8) is 0 Å². The lowest BCUT2D eigenvalue weighted by Gasteiger charge is -2.18. The van der Waals surface area contributed by atoms with E-state index in [2.05, 4.69) is 42.7 Å². The molecule has 0 aliphatic carbocycles. The van der Waals surface area contributed by atoms with Gasteiger partial charge in [-0.25, -0.2) is 10.1 Å². The third-order valence-corrected chi connectivity index (χ3v) is 3.36. The molecule has 0 fully saturated rings. The van der Waals surface area contributed by atoms with Crippen LogP contribution in [-0.2, 0) is 7.05 Å². The van der Waals surface area contributed by atoms with Crippen LogP contribution in [0.2, 0.25) is 0 Å². The van der Waals surface area contributed by atoms with Crippen LogP contribution >= 0.6 is 15.9 Å².